The SMILES string of the molecule is CCC(CC)(CCl)NS(=O)(=O)c1ccc(F)cc1C. The second-order valence-corrected chi connectivity index (χ2v) is 6.55. The minimum absolute atomic E-state index is 0.0882. The van der Waals surface area contributed by atoms with Crippen molar-refractivity contribution in [2.75, 3.05) is 5.88 Å². The predicted molar refractivity (Wildman–Crippen MR) is 75.5 cm³/mol. The van der Waals surface area contributed by atoms with Gasteiger partial charge in [0.05, 0.1) is 4.90 Å². The van der Waals surface area contributed by atoms with E-state index < -0.39 is 21.4 Å². The van der Waals surface area contributed by atoms with Crippen molar-refractivity contribution >= 4 is 21.6 Å². The van der Waals surface area contributed by atoms with Crippen LogP contribution in [0.3, 0.4) is 0 Å². The lowest BCUT2D eigenvalue weighted by atomic mass is 9.97. The van der Waals surface area contributed by atoms with Gasteiger partial charge in [0.1, 0.15) is 5.82 Å². The van der Waals surface area contributed by atoms with Gasteiger partial charge < -0.3 is 0 Å². The molecule has 0 aromatic heterocycles. The first-order chi connectivity index (χ1) is 8.80. The minimum Gasteiger partial charge on any atom is -0.207 e. The van der Waals surface area contributed by atoms with Crippen LogP contribution in [0.5, 0.6) is 0 Å². The second-order valence-electron chi connectivity index (χ2n) is 4.64. The maximum atomic E-state index is 13.0. The number of sulfonamides is 1. The average molecular weight is 308 g/mol. The monoisotopic (exact) mass is 307 g/mol. The third kappa shape index (κ3) is 3.68. The molecule has 1 N–H and O–H groups in total. The largest absolute Gasteiger partial charge is 0.241 e. The fourth-order valence-corrected chi connectivity index (χ4v) is 4.16. The lowest BCUT2D eigenvalue weighted by molar-refractivity contribution is 0.393. The first-order valence-corrected chi connectivity index (χ1v) is 8.18. The topological polar surface area (TPSA) is 46.2 Å². The molecule has 0 amide bonds. The molecule has 0 radical (unpaired) electrons. The molecule has 108 valence electrons. The Morgan fingerprint density at radius 1 is 1.32 bits per heavy atom. The minimum atomic E-state index is -3.70. The van der Waals surface area contributed by atoms with Gasteiger partial charge in [0, 0.05) is 11.4 Å². The molecule has 0 saturated heterocycles. The quantitative estimate of drug-likeness (QED) is 0.820. The molecule has 1 aromatic rings. The van der Waals surface area contributed by atoms with Crippen LogP contribution in [0.2, 0.25) is 0 Å². The van der Waals surface area contributed by atoms with Gasteiger partial charge in [0.25, 0.3) is 0 Å². The highest BCUT2D eigenvalue weighted by Gasteiger charge is 2.32. The summed E-state index contributed by atoms with van der Waals surface area (Å²) in [5, 5.41) is 0. The van der Waals surface area contributed by atoms with E-state index >= 15 is 0 Å². The summed E-state index contributed by atoms with van der Waals surface area (Å²) in [6.45, 7) is 5.33. The molecule has 1 aromatic carbocycles. The van der Waals surface area contributed by atoms with Crippen LogP contribution >= 0.6 is 11.6 Å². The van der Waals surface area contributed by atoms with E-state index in [1.807, 2.05) is 13.8 Å². The molecule has 0 atom stereocenters. The summed E-state index contributed by atoms with van der Waals surface area (Å²) in [5.41, 5.74) is -0.288. The van der Waals surface area contributed by atoms with Crippen LogP contribution in [0, 0.1) is 12.7 Å². The Bertz CT molecular complexity index is 533. The van der Waals surface area contributed by atoms with Gasteiger partial charge >= 0.3 is 0 Å². The molecule has 0 saturated carbocycles. The summed E-state index contributed by atoms with van der Waals surface area (Å²) in [4.78, 5) is 0.0882. The van der Waals surface area contributed by atoms with Crippen molar-refractivity contribution in [2.24, 2.45) is 0 Å². The Morgan fingerprint density at radius 3 is 2.32 bits per heavy atom. The van der Waals surface area contributed by atoms with Crippen molar-refractivity contribution in [3.63, 3.8) is 0 Å². The Labute approximate surface area is 119 Å². The maximum absolute atomic E-state index is 13.0. The molecular formula is C13H19ClFNO2S. The van der Waals surface area contributed by atoms with Crippen LogP contribution in [0.25, 0.3) is 0 Å². The van der Waals surface area contributed by atoms with Crippen LogP contribution in [0.4, 0.5) is 4.39 Å². The number of hydrogen-bond acceptors (Lipinski definition) is 2. The highest BCUT2D eigenvalue weighted by Crippen LogP contribution is 2.23. The third-order valence-electron chi connectivity index (χ3n) is 3.39. The van der Waals surface area contributed by atoms with E-state index in [2.05, 4.69) is 4.72 Å². The number of halogens is 2. The summed E-state index contributed by atoms with van der Waals surface area (Å²) < 4.78 is 40.4. The van der Waals surface area contributed by atoms with E-state index in [4.69, 9.17) is 11.6 Å². The summed E-state index contributed by atoms with van der Waals surface area (Å²) in [7, 11) is -3.70. The van der Waals surface area contributed by atoms with E-state index in [0.29, 0.717) is 18.4 Å². The maximum Gasteiger partial charge on any atom is 0.241 e. The number of alkyl halides is 1. The van der Waals surface area contributed by atoms with Crippen molar-refractivity contribution in [1.82, 2.24) is 4.72 Å². The number of benzene rings is 1. The summed E-state index contributed by atoms with van der Waals surface area (Å²) >= 11 is 5.90. The second kappa shape index (κ2) is 6.20. The lowest BCUT2D eigenvalue weighted by Crippen LogP contribution is -2.49. The smallest absolute Gasteiger partial charge is 0.207 e. The van der Waals surface area contributed by atoms with Gasteiger partial charge in [-0.25, -0.2) is 17.5 Å². The van der Waals surface area contributed by atoms with Gasteiger partial charge in [0.2, 0.25) is 10.0 Å². The van der Waals surface area contributed by atoms with E-state index in [-0.39, 0.29) is 10.8 Å². The molecule has 6 heteroatoms. The van der Waals surface area contributed by atoms with Crippen LogP contribution in [0.15, 0.2) is 23.1 Å². The molecule has 3 nitrogen and oxygen atoms in total. The summed E-state index contributed by atoms with van der Waals surface area (Å²) in [6.07, 6.45) is 1.18. The van der Waals surface area contributed by atoms with Crippen molar-refractivity contribution < 1.29 is 12.8 Å². The zero-order valence-corrected chi connectivity index (χ0v) is 12.9. The van der Waals surface area contributed by atoms with E-state index in [1.54, 1.807) is 6.92 Å². The molecule has 0 fully saturated rings. The molecule has 0 unspecified atom stereocenters. The molecule has 0 aliphatic heterocycles. The zero-order chi connectivity index (χ0) is 14.7. The fourth-order valence-electron chi connectivity index (χ4n) is 1.86. The molecule has 1 rings (SSSR count). The molecule has 0 aliphatic rings. The average Bonchev–Trinajstić information content (AvgIpc) is 2.35. The van der Waals surface area contributed by atoms with Crippen molar-refractivity contribution in [3.8, 4) is 0 Å². The van der Waals surface area contributed by atoms with Crippen molar-refractivity contribution in [3.05, 3.63) is 29.6 Å². The number of rotatable bonds is 6. The first-order valence-electron chi connectivity index (χ1n) is 6.16. The van der Waals surface area contributed by atoms with E-state index in [1.165, 1.54) is 12.1 Å². The molecule has 0 heterocycles. The van der Waals surface area contributed by atoms with Gasteiger partial charge in [0.15, 0.2) is 0 Å². The van der Waals surface area contributed by atoms with Crippen LogP contribution < -0.4 is 4.72 Å². The molecule has 0 aliphatic carbocycles. The van der Waals surface area contributed by atoms with Gasteiger partial charge in [-0.1, -0.05) is 13.8 Å². The van der Waals surface area contributed by atoms with Crippen LogP contribution in [-0.2, 0) is 10.0 Å². The highest BCUT2D eigenvalue weighted by atomic mass is 35.5. The van der Waals surface area contributed by atoms with Gasteiger partial charge in [-0.2, -0.15) is 0 Å². The van der Waals surface area contributed by atoms with Crippen LogP contribution in [-0.4, -0.2) is 19.8 Å². The first kappa shape index (κ1) is 16.4. The standard InChI is InChI=1S/C13H19ClFNO2S/c1-4-13(5-2,9-14)16-19(17,18)12-7-6-11(15)8-10(12)3/h6-8,16H,4-5,9H2,1-3H3. The third-order valence-corrected chi connectivity index (χ3v) is 5.64. The molecule has 0 bridgehead atoms. The van der Waals surface area contributed by atoms with Gasteiger partial charge in [-0.15, -0.1) is 11.6 Å². The van der Waals surface area contributed by atoms with Crippen LogP contribution in [0.1, 0.15) is 32.3 Å². The normalized spacial score (nSPS) is 12.7. The number of hydrogen-bond donors (Lipinski definition) is 1. The van der Waals surface area contributed by atoms with Crippen molar-refractivity contribution in [2.45, 2.75) is 44.0 Å². The number of aryl methyl sites for hydroxylation is 1. The molecular weight excluding hydrogens is 289 g/mol. The zero-order valence-electron chi connectivity index (χ0n) is 11.3. The fraction of sp³-hybridized carbons (Fsp3) is 0.538. The van der Waals surface area contributed by atoms with E-state index in [0.717, 1.165) is 6.07 Å². The summed E-state index contributed by atoms with van der Waals surface area (Å²) in [6, 6.07) is 3.62. The van der Waals surface area contributed by atoms with E-state index in [9.17, 15) is 12.8 Å². The van der Waals surface area contributed by atoms with Crippen molar-refractivity contribution in [1.29, 1.82) is 0 Å². The lowest BCUT2D eigenvalue weighted by Gasteiger charge is -2.30. The number of nitrogens with one attached hydrogen (secondary N) is 1. The molecule has 19 heavy (non-hydrogen) atoms. The van der Waals surface area contributed by atoms with Gasteiger partial charge in [-0.3, -0.25) is 0 Å². The predicted octanol–water partition coefficient (Wildman–Crippen LogP) is 3.21. The Kier molecular flexibility index (Phi) is 5.35. The Morgan fingerprint density at radius 2 is 1.89 bits per heavy atom. The van der Waals surface area contributed by atoms with Gasteiger partial charge in [-0.05, 0) is 43.5 Å². The Hall–Kier alpha value is -0.650. The highest BCUT2D eigenvalue weighted by molar-refractivity contribution is 7.89. The Balaban J connectivity index is 3.17. The summed E-state index contributed by atoms with van der Waals surface area (Å²) in [5.74, 6) is -0.259. The molecule has 0 spiro atoms.